The normalized spacial score (nSPS) is 23.4. The van der Waals surface area contributed by atoms with E-state index in [0.717, 1.165) is 44.9 Å². The molecule has 2 aliphatic rings. The van der Waals surface area contributed by atoms with Crippen LogP contribution in [0.1, 0.15) is 68.6 Å². The summed E-state index contributed by atoms with van der Waals surface area (Å²) >= 11 is 0. The molecular weight excluding hydrogens is 376 g/mol. The Labute approximate surface area is 179 Å². The van der Waals surface area contributed by atoms with Crippen molar-refractivity contribution in [2.45, 2.75) is 64.3 Å². The molecule has 0 radical (unpaired) electrons. The number of benzene rings is 1. The topological polar surface area (TPSA) is 75.3 Å². The Morgan fingerprint density at radius 2 is 1.77 bits per heavy atom. The number of hydrogen-bond acceptors (Lipinski definition) is 3. The summed E-state index contributed by atoms with van der Waals surface area (Å²) in [6, 6.07) is 7.23. The molecule has 0 heterocycles. The summed E-state index contributed by atoms with van der Waals surface area (Å²) < 4.78 is 0. The zero-order chi connectivity index (χ0) is 21.3. The standard InChI is InChI=1S/C25H32N2O3/c1-18(28)22-10-6-7-11-23(22)27-24(29)17-14-19-12-15-20(16-13-19)25(30)26-21-8-4-2-3-5-9-21/h2-4,6-8,10-11,19-21H,5,9,12-17H2,1H3,(H,26,30)(H,27,29). The van der Waals surface area contributed by atoms with E-state index < -0.39 is 0 Å². The molecule has 1 aromatic carbocycles. The van der Waals surface area contributed by atoms with Gasteiger partial charge in [0.2, 0.25) is 11.8 Å². The summed E-state index contributed by atoms with van der Waals surface area (Å²) in [5, 5.41) is 6.05. The largest absolute Gasteiger partial charge is 0.350 e. The summed E-state index contributed by atoms with van der Waals surface area (Å²) in [7, 11) is 0. The minimum Gasteiger partial charge on any atom is -0.350 e. The molecule has 0 bridgehead atoms. The van der Waals surface area contributed by atoms with Crippen LogP contribution >= 0.6 is 0 Å². The molecule has 0 spiro atoms. The van der Waals surface area contributed by atoms with Gasteiger partial charge < -0.3 is 10.6 Å². The lowest BCUT2D eigenvalue weighted by Crippen LogP contribution is -2.39. The van der Waals surface area contributed by atoms with Crippen molar-refractivity contribution in [2.24, 2.45) is 11.8 Å². The van der Waals surface area contributed by atoms with Crippen LogP contribution in [0.25, 0.3) is 0 Å². The fraction of sp³-hybridized carbons (Fsp3) is 0.480. The Hall–Kier alpha value is -2.69. The minimum absolute atomic E-state index is 0.0573. The van der Waals surface area contributed by atoms with Gasteiger partial charge in [0.05, 0.1) is 5.69 Å². The van der Waals surface area contributed by atoms with Crippen LogP contribution in [0.2, 0.25) is 0 Å². The van der Waals surface area contributed by atoms with Gasteiger partial charge in [-0.25, -0.2) is 0 Å². The zero-order valence-corrected chi connectivity index (χ0v) is 17.7. The fourth-order valence-electron chi connectivity index (χ4n) is 4.33. The first kappa shape index (κ1) is 22.0. The molecule has 2 amide bonds. The van der Waals surface area contributed by atoms with Gasteiger partial charge in [-0.3, -0.25) is 14.4 Å². The third-order valence-electron chi connectivity index (χ3n) is 6.14. The van der Waals surface area contributed by atoms with E-state index in [-0.39, 0.29) is 29.6 Å². The van der Waals surface area contributed by atoms with Crippen LogP contribution in [0.5, 0.6) is 0 Å². The third kappa shape index (κ3) is 6.41. The van der Waals surface area contributed by atoms with Crippen molar-refractivity contribution in [3.63, 3.8) is 0 Å². The van der Waals surface area contributed by atoms with E-state index in [9.17, 15) is 14.4 Å². The summed E-state index contributed by atoms with van der Waals surface area (Å²) in [6.07, 6.45) is 15.2. The van der Waals surface area contributed by atoms with Crippen molar-refractivity contribution in [1.29, 1.82) is 0 Å². The maximum absolute atomic E-state index is 12.6. The Morgan fingerprint density at radius 1 is 1.00 bits per heavy atom. The Bertz CT molecular complexity index is 819. The van der Waals surface area contributed by atoms with Crippen LogP contribution < -0.4 is 10.6 Å². The molecular formula is C25H32N2O3. The molecule has 0 aromatic heterocycles. The van der Waals surface area contributed by atoms with E-state index in [4.69, 9.17) is 0 Å². The molecule has 1 fully saturated rings. The number of hydrogen-bond donors (Lipinski definition) is 2. The van der Waals surface area contributed by atoms with Crippen molar-refractivity contribution in [3.8, 4) is 0 Å². The van der Waals surface area contributed by atoms with E-state index in [1.807, 2.05) is 18.2 Å². The minimum atomic E-state index is -0.0580. The number of amides is 2. The number of nitrogens with one attached hydrogen (secondary N) is 2. The van der Waals surface area contributed by atoms with Crippen molar-refractivity contribution < 1.29 is 14.4 Å². The van der Waals surface area contributed by atoms with E-state index in [1.165, 1.54) is 6.92 Å². The number of ketones is 1. The van der Waals surface area contributed by atoms with Gasteiger partial charge in [0.25, 0.3) is 0 Å². The number of Topliss-reactive ketones (excluding diaryl/α,β-unsaturated/α-hetero) is 1. The van der Waals surface area contributed by atoms with Gasteiger partial charge in [-0.15, -0.1) is 0 Å². The quantitative estimate of drug-likeness (QED) is 0.636. The highest BCUT2D eigenvalue weighted by molar-refractivity contribution is 6.03. The lowest BCUT2D eigenvalue weighted by Gasteiger charge is -2.28. The van der Waals surface area contributed by atoms with Crippen molar-refractivity contribution in [2.75, 3.05) is 5.32 Å². The molecule has 0 saturated heterocycles. The lowest BCUT2D eigenvalue weighted by molar-refractivity contribution is -0.126. The predicted molar refractivity (Wildman–Crippen MR) is 119 cm³/mol. The van der Waals surface area contributed by atoms with Crippen molar-refractivity contribution in [1.82, 2.24) is 5.32 Å². The average molecular weight is 409 g/mol. The first-order valence-corrected chi connectivity index (χ1v) is 11.1. The molecule has 0 aliphatic heterocycles. The summed E-state index contributed by atoms with van der Waals surface area (Å²) in [5.41, 5.74) is 1.12. The molecule has 5 nitrogen and oxygen atoms in total. The maximum atomic E-state index is 12.6. The monoisotopic (exact) mass is 408 g/mol. The van der Waals surface area contributed by atoms with Gasteiger partial charge in [0.15, 0.2) is 5.78 Å². The summed E-state index contributed by atoms with van der Waals surface area (Å²) in [6.45, 7) is 1.50. The number of rotatable bonds is 7. The second-order valence-corrected chi connectivity index (χ2v) is 8.41. The predicted octanol–water partition coefficient (Wildman–Crippen LogP) is 4.81. The highest BCUT2D eigenvalue weighted by atomic mass is 16.2. The third-order valence-corrected chi connectivity index (χ3v) is 6.14. The van der Waals surface area contributed by atoms with Crippen LogP contribution in [0.4, 0.5) is 5.69 Å². The first-order valence-electron chi connectivity index (χ1n) is 11.1. The SMILES string of the molecule is CC(=O)c1ccccc1NC(=O)CCC1CCC(C(=O)NC2C=CC=CCC2)CC1. The van der Waals surface area contributed by atoms with Gasteiger partial charge in [0.1, 0.15) is 0 Å². The molecule has 5 heteroatoms. The highest BCUT2D eigenvalue weighted by Crippen LogP contribution is 2.32. The van der Waals surface area contributed by atoms with Crippen LogP contribution in [-0.4, -0.2) is 23.6 Å². The Kier molecular flexibility index (Phi) is 8.00. The fourth-order valence-corrected chi connectivity index (χ4v) is 4.33. The number of para-hydroxylation sites is 1. The van der Waals surface area contributed by atoms with Crippen LogP contribution in [0.15, 0.2) is 48.6 Å². The molecule has 1 saturated carbocycles. The van der Waals surface area contributed by atoms with Crippen molar-refractivity contribution >= 4 is 23.3 Å². The van der Waals surface area contributed by atoms with E-state index in [2.05, 4.69) is 22.8 Å². The second-order valence-electron chi connectivity index (χ2n) is 8.41. The summed E-state index contributed by atoms with van der Waals surface area (Å²) in [5.74, 6) is 0.617. The smallest absolute Gasteiger partial charge is 0.224 e. The van der Waals surface area contributed by atoms with Crippen LogP contribution in [0, 0.1) is 11.8 Å². The highest BCUT2D eigenvalue weighted by Gasteiger charge is 2.27. The molecule has 30 heavy (non-hydrogen) atoms. The summed E-state index contributed by atoms with van der Waals surface area (Å²) in [4.78, 5) is 36.6. The first-order chi connectivity index (χ1) is 14.5. The maximum Gasteiger partial charge on any atom is 0.224 e. The number of anilines is 1. The Balaban J connectivity index is 1.39. The number of carbonyl (C=O) groups excluding carboxylic acids is 3. The second kappa shape index (κ2) is 10.9. The molecule has 2 aliphatic carbocycles. The number of allylic oxidation sites excluding steroid dienone is 3. The molecule has 1 aromatic rings. The Morgan fingerprint density at radius 3 is 2.53 bits per heavy atom. The average Bonchev–Trinajstić information content (AvgIpc) is 3.01. The van der Waals surface area contributed by atoms with E-state index in [1.54, 1.807) is 18.2 Å². The molecule has 160 valence electrons. The molecule has 2 N–H and O–H groups in total. The van der Waals surface area contributed by atoms with Gasteiger partial charge in [-0.1, -0.05) is 36.4 Å². The van der Waals surface area contributed by atoms with Gasteiger partial charge in [0, 0.05) is 23.9 Å². The van der Waals surface area contributed by atoms with E-state index in [0.29, 0.717) is 23.6 Å². The molecule has 1 atom stereocenters. The van der Waals surface area contributed by atoms with Gasteiger partial charge in [-0.05, 0) is 69.9 Å². The van der Waals surface area contributed by atoms with E-state index >= 15 is 0 Å². The van der Waals surface area contributed by atoms with Crippen LogP contribution in [-0.2, 0) is 9.59 Å². The van der Waals surface area contributed by atoms with Gasteiger partial charge in [-0.2, -0.15) is 0 Å². The molecule has 3 rings (SSSR count). The van der Waals surface area contributed by atoms with Crippen LogP contribution in [0.3, 0.4) is 0 Å². The zero-order valence-electron chi connectivity index (χ0n) is 17.7. The molecule has 1 unspecified atom stereocenters. The van der Waals surface area contributed by atoms with Gasteiger partial charge >= 0.3 is 0 Å². The lowest BCUT2D eigenvalue weighted by atomic mass is 9.79. The van der Waals surface area contributed by atoms with Crippen molar-refractivity contribution in [3.05, 3.63) is 54.1 Å². The number of carbonyl (C=O) groups is 3.